The summed E-state index contributed by atoms with van der Waals surface area (Å²) in [7, 11) is -3.75. The smallest absolute Gasteiger partial charge is 0.339 e. The molecule has 7 nitrogen and oxygen atoms in total. The van der Waals surface area contributed by atoms with E-state index in [4.69, 9.17) is 16.3 Å². The van der Waals surface area contributed by atoms with Crippen molar-refractivity contribution in [3.63, 3.8) is 0 Å². The minimum absolute atomic E-state index is 0.114. The number of amides is 1. The van der Waals surface area contributed by atoms with Crippen molar-refractivity contribution < 1.29 is 22.7 Å². The molecule has 0 aliphatic rings. The largest absolute Gasteiger partial charge is 0.462 e. The Hall–Kier alpha value is -2.58. The maximum Gasteiger partial charge on any atom is 0.339 e. The first-order valence-corrected chi connectivity index (χ1v) is 12.1. The number of hydrogen-bond acceptors (Lipinski definition) is 5. The molecule has 0 spiro atoms. The Morgan fingerprint density at radius 2 is 1.77 bits per heavy atom. The van der Waals surface area contributed by atoms with E-state index >= 15 is 0 Å². The minimum Gasteiger partial charge on any atom is -0.462 e. The van der Waals surface area contributed by atoms with Crippen molar-refractivity contribution in [1.29, 1.82) is 0 Å². The van der Waals surface area contributed by atoms with Crippen molar-refractivity contribution >= 4 is 44.9 Å². The van der Waals surface area contributed by atoms with Gasteiger partial charge >= 0.3 is 5.97 Å². The lowest BCUT2D eigenvalue weighted by atomic mass is 10.1. The van der Waals surface area contributed by atoms with Crippen LogP contribution in [0.15, 0.2) is 36.4 Å². The molecule has 2 rings (SSSR count). The fourth-order valence-corrected chi connectivity index (χ4v) is 4.52. The van der Waals surface area contributed by atoms with Gasteiger partial charge in [0.25, 0.3) is 0 Å². The topological polar surface area (TPSA) is 92.8 Å². The average molecular weight is 467 g/mol. The third-order valence-electron chi connectivity index (χ3n) is 4.80. The molecular weight excluding hydrogens is 440 g/mol. The van der Waals surface area contributed by atoms with Crippen LogP contribution in [-0.4, -0.2) is 39.2 Å². The van der Waals surface area contributed by atoms with E-state index in [1.165, 1.54) is 18.2 Å². The summed E-state index contributed by atoms with van der Waals surface area (Å²) in [5, 5.41) is 2.89. The Bertz CT molecular complexity index is 1090. The summed E-state index contributed by atoms with van der Waals surface area (Å²) < 4.78 is 31.3. The zero-order valence-electron chi connectivity index (χ0n) is 18.2. The van der Waals surface area contributed by atoms with E-state index in [1.54, 1.807) is 26.0 Å². The maximum absolute atomic E-state index is 13.1. The number of carbonyl (C=O) groups excluding carboxylic acids is 2. The highest BCUT2D eigenvalue weighted by Crippen LogP contribution is 2.27. The molecule has 1 atom stereocenters. The lowest BCUT2D eigenvalue weighted by Crippen LogP contribution is -2.47. The second kappa shape index (κ2) is 10.2. The maximum atomic E-state index is 13.1. The summed E-state index contributed by atoms with van der Waals surface area (Å²) in [6.45, 7) is 7.40. The third kappa shape index (κ3) is 5.98. The van der Waals surface area contributed by atoms with E-state index in [0.717, 1.165) is 21.7 Å². The van der Waals surface area contributed by atoms with E-state index in [0.29, 0.717) is 11.4 Å². The van der Waals surface area contributed by atoms with Gasteiger partial charge in [0, 0.05) is 5.69 Å². The fraction of sp³-hybridized carbons (Fsp3) is 0.364. The number of nitrogens with one attached hydrogen (secondary N) is 1. The van der Waals surface area contributed by atoms with Crippen molar-refractivity contribution in [3.8, 4) is 0 Å². The van der Waals surface area contributed by atoms with Crippen LogP contribution in [0, 0.1) is 13.8 Å². The molecule has 2 aromatic carbocycles. The van der Waals surface area contributed by atoms with Gasteiger partial charge in [0.2, 0.25) is 15.9 Å². The average Bonchev–Trinajstić information content (AvgIpc) is 2.68. The highest BCUT2D eigenvalue weighted by atomic mass is 35.5. The van der Waals surface area contributed by atoms with Gasteiger partial charge in [0.15, 0.2) is 0 Å². The van der Waals surface area contributed by atoms with Gasteiger partial charge in [-0.25, -0.2) is 13.2 Å². The van der Waals surface area contributed by atoms with E-state index < -0.39 is 27.9 Å². The Morgan fingerprint density at radius 3 is 2.32 bits per heavy atom. The van der Waals surface area contributed by atoms with Crippen LogP contribution in [-0.2, 0) is 19.6 Å². The number of rotatable bonds is 8. The van der Waals surface area contributed by atoms with Crippen LogP contribution in [0.2, 0.25) is 5.02 Å². The van der Waals surface area contributed by atoms with E-state index in [1.807, 2.05) is 19.9 Å². The molecule has 0 aliphatic carbocycles. The predicted molar refractivity (Wildman–Crippen MR) is 123 cm³/mol. The van der Waals surface area contributed by atoms with Crippen LogP contribution < -0.4 is 9.62 Å². The Kier molecular flexibility index (Phi) is 8.08. The second-order valence-corrected chi connectivity index (χ2v) is 9.42. The second-order valence-electron chi connectivity index (χ2n) is 7.16. The van der Waals surface area contributed by atoms with Gasteiger partial charge < -0.3 is 10.1 Å². The lowest BCUT2D eigenvalue weighted by molar-refractivity contribution is -0.117. The molecule has 0 fully saturated rings. The van der Waals surface area contributed by atoms with Crippen LogP contribution in [0.1, 0.15) is 41.8 Å². The highest BCUT2D eigenvalue weighted by molar-refractivity contribution is 7.92. The third-order valence-corrected chi connectivity index (χ3v) is 6.31. The van der Waals surface area contributed by atoms with Gasteiger partial charge in [-0.05, 0) is 68.7 Å². The summed E-state index contributed by atoms with van der Waals surface area (Å²) in [6.07, 6.45) is 1.31. The summed E-state index contributed by atoms with van der Waals surface area (Å²) in [5.74, 6) is -1.13. The SMILES string of the molecule is CCOC(=O)c1cc(NC(=O)C(CC)N(c2ccc(C)c(C)c2)S(C)(=O)=O)ccc1Cl. The van der Waals surface area contributed by atoms with Crippen molar-refractivity contribution in [1.82, 2.24) is 0 Å². The van der Waals surface area contributed by atoms with Crippen molar-refractivity contribution in [3.05, 3.63) is 58.1 Å². The Morgan fingerprint density at radius 1 is 1.10 bits per heavy atom. The molecule has 9 heteroatoms. The lowest BCUT2D eigenvalue weighted by Gasteiger charge is -2.30. The number of hydrogen-bond donors (Lipinski definition) is 1. The molecule has 0 saturated carbocycles. The standard InChI is InChI=1S/C22H27ClN2O5S/c1-6-20(25(31(5,28)29)17-10-8-14(3)15(4)12-17)21(26)24-16-9-11-19(23)18(13-16)22(27)30-7-2/h8-13,20H,6-7H2,1-5H3,(H,24,26). The first kappa shape index (κ1) is 24.7. The molecular formula is C22H27ClN2O5S. The molecule has 0 saturated heterocycles. The zero-order chi connectivity index (χ0) is 23.3. The van der Waals surface area contributed by atoms with E-state index in [9.17, 15) is 18.0 Å². The Balaban J connectivity index is 2.39. The number of halogens is 1. The number of carbonyl (C=O) groups is 2. The fourth-order valence-electron chi connectivity index (χ4n) is 3.12. The first-order valence-electron chi connectivity index (χ1n) is 9.83. The van der Waals surface area contributed by atoms with Crippen LogP contribution in [0.25, 0.3) is 0 Å². The van der Waals surface area contributed by atoms with Crippen molar-refractivity contribution in [2.24, 2.45) is 0 Å². The van der Waals surface area contributed by atoms with E-state index in [2.05, 4.69) is 5.32 Å². The molecule has 1 amide bonds. The molecule has 0 radical (unpaired) electrons. The molecule has 168 valence electrons. The molecule has 0 bridgehead atoms. The first-order chi connectivity index (χ1) is 14.5. The van der Waals surface area contributed by atoms with Crippen molar-refractivity contribution in [2.75, 3.05) is 22.5 Å². The zero-order valence-corrected chi connectivity index (χ0v) is 19.8. The molecule has 1 N–H and O–H groups in total. The van der Waals surface area contributed by atoms with Gasteiger partial charge in [-0.1, -0.05) is 24.6 Å². The number of aryl methyl sites for hydroxylation is 2. The van der Waals surface area contributed by atoms with Crippen LogP contribution in [0.5, 0.6) is 0 Å². The summed E-state index contributed by atoms with van der Waals surface area (Å²) in [4.78, 5) is 25.2. The number of sulfonamides is 1. The van der Waals surface area contributed by atoms with Crippen LogP contribution in [0.4, 0.5) is 11.4 Å². The van der Waals surface area contributed by atoms with Gasteiger partial charge in [0.05, 0.1) is 29.1 Å². The molecule has 0 heterocycles. The molecule has 1 unspecified atom stereocenters. The Labute approximate surface area is 188 Å². The quantitative estimate of drug-likeness (QED) is 0.585. The highest BCUT2D eigenvalue weighted by Gasteiger charge is 2.32. The molecule has 2 aromatic rings. The number of anilines is 2. The van der Waals surface area contributed by atoms with Gasteiger partial charge in [-0.2, -0.15) is 0 Å². The monoisotopic (exact) mass is 466 g/mol. The van der Waals surface area contributed by atoms with E-state index in [-0.39, 0.29) is 23.6 Å². The number of nitrogens with zero attached hydrogens (tertiary/aromatic N) is 1. The predicted octanol–water partition coefficient (Wildman–Crippen LogP) is 4.32. The number of benzene rings is 2. The van der Waals surface area contributed by atoms with Gasteiger partial charge in [-0.15, -0.1) is 0 Å². The molecule has 0 aromatic heterocycles. The normalized spacial score (nSPS) is 12.2. The van der Waals surface area contributed by atoms with Crippen LogP contribution in [0.3, 0.4) is 0 Å². The van der Waals surface area contributed by atoms with Gasteiger partial charge in [-0.3, -0.25) is 9.10 Å². The summed E-state index contributed by atoms with van der Waals surface area (Å²) in [5.41, 5.74) is 2.77. The van der Waals surface area contributed by atoms with Crippen LogP contribution >= 0.6 is 11.6 Å². The number of ether oxygens (including phenoxy) is 1. The van der Waals surface area contributed by atoms with Crippen molar-refractivity contribution in [2.45, 2.75) is 40.2 Å². The summed E-state index contributed by atoms with van der Waals surface area (Å²) >= 11 is 6.07. The minimum atomic E-state index is -3.75. The summed E-state index contributed by atoms with van der Waals surface area (Å²) in [6, 6.07) is 8.68. The molecule has 31 heavy (non-hydrogen) atoms. The number of esters is 1. The molecule has 0 aliphatic heterocycles. The van der Waals surface area contributed by atoms with Gasteiger partial charge in [0.1, 0.15) is 6.04 Å².